The molecule has 0 spiro atoms. The Hall–Kier alpha value is -2.47. The molecule has 7 heteroatoms. The van der Waals surface area contributed by atoms with Gasteiger partial charge in [0.25, 0.3) is 11.8 Å². The summed E-state index contributed by atoms with van der Waals surface area (Å²) in [4.78, 5) is 23.6. The van der Waals surface area contributed by atoms with Crippen LogP contribution < -0.4 is 10.9 Å². The monoisotopic (exact) mass is 324 g/mol. The first-order chi connectivity index (χ1) is 10.4. The molecule has 2 aromatic rings. The number of hydrogen-bond acceptors (Lipinski definition) is 2. The van der Waals surface area contributed by atoms with Gasteiger partial charge in [0.15, 0.2) is 11.6 Å². The lowest BCUT2D eigenvalue weighted by atomic mass is 10.1. The fraction of sp³-hybridized carbons (Fsp3) is 0.0667. The van der Waals surface area contributed by atoms with E-state index >= 15 is 0 Å². The van der Waals surface area contributed by atoms with Crippen LogP contribution in [-0.2, 0) is 0 Å². The van der Waals surface area contributed by atoms with E-state index < -0.39 is 23.4 Å². The molecule has 0 aliphatic carbocycles. The lowest BCUT2D eigenvalue weighted by Crippen LogP contribution is -2.41. The van der Waals surface area contributed by atoms with Gasteiger partial charge >= 0.3 is 0 Å². The van der Waals surface area contributed by atoms with Gasteiger partial charge in [-0.1, -0.05) is 29.3 Å². The molecule has 0 aliphatic rings. The van der Waals surface area contributed by atoms with E-state index in [2.05, 4.69) is 10.9 Å². The largest absolute Gasteiger partial charge is 0.271 e. The zero-order valence-corrected chi connectivity index (χ0v) is 12.2. The molecule has 0 aliphatic heterocycles. The molecule has 0 aromatic heterocycles. The molecular formula is C15H11ClF2N2O2. The quantitative estimate of drug-likeness (QED) is 0.659. The van der Waals surface area contributed by atoms with Crippen molar-refractivity contribution in [2.75, 3.05) is 0 Å². The van der Waals surface area contributed by atoms with Gasteiger partial charge in [0.05, 0.1) is 10.6 Å². The third kappa shape index (κ3) is 3.59. The average Bonchev–Trinajstić information content (AvgIpc) is 2.49. The summed E-state index contributed by atoms with van der Waals surface area (Å²) in [7, 11) is 0. The van der Waals surface area contributed by atoms with Crippen LogP contribution in [0.3, 0.4) is 0 Å². The van der Waals surface area contributed by atoms with Crippen LogP contribution in [0.5, 0.6) is 0 Å². The van der Waals surface area contributed by atoms with Crippen LogP contribution in [0.2, 0.25) is 5.02 Å². The summed E-state index contributed by atoms with van der Waals surface area (Å²) in [5.74, 6) is -3.78. The van der Waals surface area contributed by atoms with E-state index in [1.807, 2.05) is 6.92 Å². The van der Waals surface area contributed by atoms with Gasteiger partial charge in [-0.25, -0.2) is 8.78 Å². The van der Waals surface area contributed by atoms with Crippen molar-refractivity contribution in [3.05, 3.63) is 69.7 Å². The Bertz CT molecular complexity index is 733. The van der Waals surface area contributed by atoms with Crippen LogP contribution in [-0.4, -0.2) is 11.8 Å². The summed E-state index contributed by atoms with van der Waals surface area (Å²) in [6.07, 6.45) is 0. The molecule has 22 heavy (non-hydrogen) atoms. The molecule has 2 amide bonds. The zero-order chi connectivity index (χ0) is 16.3. The molecule has 0 saturated heterocycles. The molecule has 0 radical (unpaired) electrons. The fourth-order valence-corrected chi connectivity index (χ4v) is 1.89. The number of aryl methyl sites for hydroxylation is 1. The number of rotatable bonds is 2. The summed E-state index contributed by atoms with van der Waals surface area (Å²) in [5.41, 5.74) is 5.28. The number of nitrogens with one attached hydrogen (secondary N) is 2. The molecular weight excluding hydrogens is 314 g/mol. The molecule has 0 atom stereocenters. The standard InChI is InChI=1S/C15H11ClF2N2O2/c1-8-2-4-9(5-3-8)14(21)19-20-15(22)10-6-12(17)13(18)7-11(10)16/h2-7H,1H3,(H,19,21)(H,20,22). The minimum atomic E-state index is -1.21. The Balaban J connectivity index is 2.05. The van der Waals surface area contributed by atoms with Gasteiger partial charge in [-0.2, -0.15) is 0 Å². The van der Waals surface area contributed by atoms with Crippen molar-refractivity contribution in [1.29, 1.82) is 0 Å². The Labute approximate surface area is 130 Å². The summed E-state index contributed by atoms with van der Waals surface area (Å²) in [6.45, 7) is 1.87. The highest BCUT2D eigenvalue weighted by molar-refractivity contribution is 6.33. The molecule has 0 heterocycles. The lowest BCUT2D eigenvalue weighted by Gasteiger charge is -2.09. The first kappa shape index (κ1) is 15.9. The zero-order valence-electron chi connectivity index (χ0n) is 11.4. The molecule has 114 valence electrons. The third-order valence-electron chi connectivity index (χ3n) is 2.86. The predicted octanol–water partition coefficient (Wildman–Crippen LogP) is 3.00. The van der Waals surface area contributed by atoms with E-state index in [9.17, 15) is 18.4 Å². The molecule has 4 nitrogen and oxygen atoms in total. The Morgan fingerprint density at radius 3 is 2.14 bits per heavy atom. The van der Waals surface area contributed by atoms with Crippen LogP contribution in [0.1, 0.15) is 26.3 Å². The fourth-order valence-electron chi connectivity index (χ4n) is 1.65. The molecule has 2 rings (SSSR count). The van der Waals surface area contributed by atoms with Crippen LogP contribution in [0.25, 0.3) is 0 Å². The normalized spacial score (nSPS) is 10.2. The van der Waals surface area contributed by atoms with Crippen LogP contribution in [0, 0.1) is 18.6 Å². The number of hydrogen-bond donors (Lipinski definition) is 2. The van der Waals surface area contributed by atoms with E-state index in [1.165, 1.54) is 0 Å². The first-order valence-corrected chi connectivity index (χ1v) is 6.58. The number of carbonyl (C=O) groups excluding carboxylic acids is 2. The van der Waals surface area contributed by atoms with E-state index in [1.54, 1.807) is 24.3 Å². The SMILES string of the molecule is Cc1ccc(C(=O)NNC(=O)c2cc(F)c(F)cc2Cl)cc1. The van der Waals surface area contributed by atoms with Gasteiger partial charge in [-0.15, -0.1) is 0 Å². The molecule has 2 N–H and O–H groups in total. The van der Waals surface area contributed by atoms with Crippen LogP contribution in [0.4, 0.5) is 8.78 Å². The minimum Gasteiger partial charge on any atom is -0.267 e. The maximum atomic E-state index is 13.1. The highest BCUT2D eigenvalue weighted by Gasteiger charge is 2.15. The molecule has 0 unspecified atom stereocenters. The molecule has 0 bridgehead atoms. The topological polar surface area (TPSA) is 58.2 Å². The van der Waals surface area contributed by atoms with E-state index in [4.69, 9.17) is 11.6 Å². The predicted molar refractivity (Wildman–Crippen MR) is 77.5 cm³/mol. The Morgan fingerprint density at radius 2 is 1.50 bits per heavy atom. The maximum Gasteiger partial charge on any atom is 0.271 e. The van der Waals surface area contributed by atoms with E-state index in [0.29, 0.717) is 17.7 Å². The molecule has 2 aromatic carbocycles. The van der Waals surface area contributed by atoms with Gasteiger partial charge < -0.3 is 0 Å². The minimum absolute atomic E-state index is 0.263. The Morgan fingerprint density at radius 1 is 0.955 bits per heavy atom. The van der Waals surface area contributed by atoms with Crippen LogP contribution in [0.15, 0.2) is 36.4 Å². The van der Waals surface area contributed by atoms with Crippen LogP contribution >= 0.6 is 11.6 Å². The van der Waals surface area contributed by atoms with Crippen molar-refractivity contribution in [2.45, 2.75) is 6.92 Å². The smallest absolute Gasteiger partial charge is 0.267 e. The highest BCUT2D eigenvalue weighted by Crippen LogP contribution is 2.19. The number of benzene rings is 2. The Kier molecular flexibility index (Phi) is 4.72. The highest BCUT2D eigenvalue weighted by atomic mass is 35.5. The number of carbonyl (C=O) groups is 2. The van der Waals surface area contributed by atoms with Crippen molar-refractivity contribution < 1.29 is 18.4 Å². The van der Waals surface area contributed by atoms with Gasteiger partial charge in [0, 0.05) is 5.56 Å². The summed E-state index contributed by atoms with van der Waals surface area (Å²) in [5, 5.41) is -0.263. The second-order valence-corrected chi connectivity index (χ2v) is 4.93. The van der Waals surface area contributed by atoms with Crippen molar-refractivity contribution >= 4 is 23.4 Å². The molecule has 0 fully saturated rings. The maximum absolute atomic E-state index is 13.1. The number of halogens is 3. The van der Waals surface area contributed by atoms with Gasteiger partial charge in [-0.05, 0) is 31.2 Å². The first-order valence-electron chi connectivity index (χ1n) is 6.20. The van der Waals surface area contributed by atoms with Crippen molar-refractivity contribution in [3.8, 4) is 0 Å². The number of amides is 2. The summed E-state index contributed by atoms with van der Waals surface area (Å²) in [6, 6.07) is 7.99. The van der Waals surface area contributed by atoms with Crippen molar-refractivity contribution in [2.24, 2.45) is 0 Å². The molecule has 0 saturated carbocycles. The lowest BCUT2D eigenvalue weighted by molar-refractivity contribution is 0.0846. The van der Waals surface area contributed by atoms with Gasteiger partial charge in [-0.3, -0.25) is 20.4 Å². The number of hydrazine groups is 1. The second-order valence-electron chi connectivity index (χ2n) is 4.52. The second kappa shape index (κ2) is 6.53. The van der Waals surface area contributed by atoms with Gasteiger partial charge in [0.2, 0.25) is 0 Å². The summed E-state index contributed by atoms with van der Waals surface area (Å²) < 4.78 is 26.1. The average molecular weight is 325 g/mol. The van der Waals surface area contributed by atoms with Crippen molar-refractivity contribution in [3.63, 3.8) is 0 Å². The van der Waals surface area contributed by atoms with Gasteiger partial charge in [0.1, 0.15) is 0 Å². The third-order valence-corrected chi connectivity index (χ3v) is 3.17. The summed E-state index contributed by atoms with van der Waals surface area (Å²) >= 11 is 5.67. The van der Waals surface area contributed by atoms with E-state index in [0.717, 1.165) is 5.56 Å². The van der Waals surface area contributed by atoms with Crippen molar-refractivity contribution in [1.82, 2.24) is 10.9 Å². The van der Waals surface area contributed by atoms with E-state index in [-0.39, 0.29) is 10.6 Å².